The molecule has 1 heterocycles. The van der Waals surface area contributed by atoms with Gasteiger partial charge in [0.2, 0.25) is 5.91 Å². The molecule has 0 bridgehead atoms. The van der Waals surface area contributed by atoms with Crippen LogP contribution in [0, 0.1) is 11.7 Å². The molecule has 2 aromatic rings. The normalized spacial score (nSPS) is 21.5. The number of carbonyl (C=O) groups is 1. The SMILES string of the molecule is NC(=O)[C@H](NC[C@H]1CCO[C@@H]1c1ccccc1)c1ccc(F)cc1. The lowest BCUT2D eigenvalue weighted by Gasteiger charge is -2.22. The summed E-state index contributed by atoms with van der Waals surface area (Å²) in [4.78, 5) is 11.8. The van der Waals surface area contributed by atoms with Gasteiger partial charge in [-0.15, -0.1) is 0 Å². The standard InChI is InChI=1S/C19H21FN2O2/c20-16-8-6-13(7-9-16)17(19(21)23)22-12-15-10-11-24-18(15)14-4-2-1-3-5-14/h1-9,15,17-18,22H,10-12H2,(H2,21,23)/t15-,17-,18-/m1/s1. The summed E-state index contributed by atoms with van der Waals surface area (Å²) in [6.07, 6.45) is 0.932. The van der Waals surface area contributed by atoms with Gasteiger partial charge in [0, 0.05) is 19.1 Å². The molecule has 3 atom stereocenters. The summed E-state index contributed by atoms with van der Waals surface area (Å²) in [6, 6.07) is 15.2. The number of amides is 1. The van der Waals surface area contributed by atoms with Crippen LogP contribution in [0.4, 0.5) is 4.39 Å². The lowest BCUT2D eigenvalue weighted by molar-refractivity contribution is -0.120. The maximum absolute atomic E-state index is 13.1. The van der Waals surface area contributed by atoms with Gasteiger partial charge >= 0.3 is 0 Å². The fourth-order valence-electron chi connectivity index (χ4n) is 3.16. The van der Waals surface area contributed by atoms with Crippen molar-refractivity contribution < 1.29 is 13.9 Å². The summed E-state index contributed by atoms with van der Waals surface area (Å²) in [6.45, 7) is 1.30. The quantitative estimate of drug-likeness (QED) is 0.857. The number of nitrogens with two attached hydrogens (primary N) is 1. The molecule has 126 valence electrons. The van der Waals surface area contributed by atoms with E-state index in [2.05, 4.69) is 17.4 Å². The van der Waals surface area contributed by atoms with Crippen LogP contribution in [-0.2, 0) is 9.53 Å². The number of primary amides is 1. The first-order valence-corrected chi connectivity index (χ1v) is 8.10. The highest BCUT2D eigenvalue weighted by Crippen LogP contribution is 2.34. The molecule has 4 nitrogen and oxygen atoms in total. The molecule has 3 rings (SSSR count). The largest absolute Gasteiger partial charge is 0.373 e. The molecule has 0 saturated carbocycles. The second-order valence-corrected chi connectivity index (χ2v) is 6.05. The number of rotatable bonds is 6. The molecule has 1 amide bonds. The van der Waals surface area contributed by atoms with E-state index in [0.717, 1.165) is 12.0 Å². The van der Waals surface area contributed by atoms with Crippen molar-refractivity contribution in [3.05, 3.63) is 71.5 Å². The molecule has 3 N–H and O–H groups in total. The average molecular weight is 328 g/mol. The van der Waals surface area contributed by atoms with Crippen molar-refractivity contribution in [2.75, 3.05) is 13.2 Å². The molecule has 0 aliphatic carbocycles. The van der Waals surface area contributed by atoms with Crippen molar-refractivity contribution in [2.45, 2.75) is 18.6 Å². The summed E-state index contributed by atoms with van der Waals surface area (Å²) < 4.78 is 18.9. The molecule has 1 aliphatic rings. The highest BCUT2D eigenvalue weighted by atomic mass is 19.1. The van der Waals surface area contributed by atoms with Gasteiger partial charge in [0.05, 0.1) is 6.10 Å². The van der Waals surface area contributed by atoms with Gasteiger partial charge in [0.1, 0.15) is 11.9 Å². The first kappa shape index (κ1) is 16.6. The Labute approximate surface area is 140 Å². The molecule has 0 unspecified atom stereocenters. The highest BCUT2D eigenvalue weighted by molar-refractivity contribution is 5.81. The van der Waals surface area contributed by atoms with Crippen LogP contribution >= 0.6 is 0 Å². The topological polar surface area (TPSA) is 64.4 Å². The van der Waals surface area contributed by atoms with Gasteiger partial charge in [-0.1, -0.05) is 42.5 Å². The summed E-state index contributed by atoms with van der Waals surface area (Å²) >= 11 is 0. The number of nitrogens with one attached hydrogen (secondary N) is 1. The monoisotopic (exact) mass is 328 g/mol. The van der Waals surface area contributed by atoms with Crippen LogP contribution in [0.1, 0.15) is 29.7 Å². The Balaban J connectivity index is 1.68. The van der Waals surface area contributed by atoms with Crippen molar-refractivity contribution in [1.29, 1.82) is 0 Å². The van der Waals surface area contributed by atoms with E-state index in [0.29, 0.717) is 18.7 Å². The predicted octanol–water partition coefficient (Wildman–Crippen LogP) is 2.72. The lowest BCUT2D eigenvalue weighted by atomic mass is 9.94. The summed E-state index contributed by atoms with van der Waals surface area (Å²) in [7, 11) is 0. The van der Waals surface area contributed by atoms with E-state index >= 15 is 0 Å². The molecule has 24 heavy (non-hydrogen) atoms. The minimum Gasteiger partial charge on any atom is -0.373 e. The molecule has 2 aromatic carbocycles. The van der Waals surface area contributed by atoms with Crippen LogP contribution < -0.4 is 11.1 Å². The van der Waals surface area contributed by atoms with Crippen molar-refractivity contribution in [1.82, 2.24) is 5.32 Å². The van der Waals surface area contributed by atoms with Crippen molar-refractivity contribution >= 4 is 5.91 Å². The van der Waals surface area contributed by atoms with E-state index in [9.17, 15) is 9.18 Å². The molecule has 0 radical (unpaired) electrons. The van der Waals surface area contributed by atoms with E-state index in [1.54, 1.807) is 12.1 Å². The summed E-state index contributed by atoms with van der Waals surface area (Å²) in [5.41, 5.74) is 7.31. The van der Waals surface area contributed by atoms with Crippen LogP contribution in [0.25, 0.3) is 0 Å². The molecule has 1 saturated heterocycles. The Kier molecular flexibility index (Phi) is 5.23. The van der Waals surface area contributed by atoms with Crippen molar-refractivity contribution in [3.63, 3.8) is 0 Å². The Morgan fingerprint density at radius 3 is 2.58 bits per heavy atom. The Morgan fingerprint density at radius 2 is 1.92 bits per heavy atom. The summed E-state index contributed by atoms with van der Waals surface area (Å²) in [5.74, 6) is -0.554. The van der Waals surface area contributed by atoms with Crippen LogP contribution in [0.5, 0.6) is 0 Å². The Morgan fingerprint density at radius 1 is 1.21 bits per heavy atom. The highest BCUT2D eigenvalue weighted by Gasteiger charge is 2.30. The van der Waals surface area contributed by atoms with Crippen LogP contribution in [0.3, 0.4) is 0 Å². The van der Waals surface area contributed by atoms with Crippen molar-refractivity contribution in [3.8, 4) is 0 Å². The Hall–Kier alpha value is -2.24. The zero-order valence-corrected chi connectivity index (χ0v) is 13.3. The van der Waals surface area contributed by atoms with Gasteiger partial charge in [-0.25, -0.2) is 4.39 Å². The zero-order valence-electron chi connectivity index (χ0n) is 13.3. The molecule has 1 fully saturated rings. The van der Waals surface area contributed by atoms with Crippen LogP contribution in [0.2, 0.25) is 0 Å². The number of ether oxygens (including phenoxy) is 1. The van der Waals surface area contributed by atoms with E-state index in [-0.39, 0.29) is 17.8 Å². The average Bonchev–Trinajstić information content (AvgIpc) is 3.06. The number of benzene rings is 2. The predicted molar refractivity (Wildman–Crippen MR) is 89.6 cm³/mol. The van der Waals surface area contributed by atoms with E-state index < -0.39 is 11.9 Å². The van der Waals surface area contributed by atoms with Gasteiger partial charge in [-0.3, -0.25) is 4.79 Å². The number of halogens is 1. The minimum atomic E-state index is -0.636. The molecule has 5 heteroatoms. The number of hydrogen-bond donors (Lipinski definition) is 2. The number of carbonyl (C=O) groups excluding carboxylic acids is 1. The van der Waals surface area contributed by atoms with Crippen LogP contribution in [0.15, 0.2) is 54.6 Å². The molecule has 0 aromatic heterocycles. The van der Waals surface area contributed by atoms with Gasteiger partial charge in [0.25, 0.3) is 0 Å². The molecule has 1 aliphatic heterocycles. The van der Waals surface area contributed by atoms with Gasteiger partial charge in [-0.2, -0.15) is 0 Å². The van der Waals surface area contributed by atoms with E-state index in [1.165, 1.54) is 12.1 Å². The van der Waals surface area contributed by atoms with Crippen LogP contribution in [-0.4, -0.2) is 19.1 Å². The molecular formula is C19H21FN2O2. The fraction of sp³-hybridized carbons (Fsp3) is 0.316. The third kappa shape index (κ3) is 3.80. The zero-order chi connectivity index (χ0) is 16.9. The second kappa shape index (κ2) is 7.55. The van der Waals surface area contributed by atoms with Gasteiger partial charge in [0.15, 0.2) is 0 Å². The molecular weight excluding hydrogens is 307 g/mol. The number of hydrogen-bond acceptors (Lipinski definition) is 3. The smallest absolute Gasteiger partial charge is 0.239 e. The second-order valence-electron chi connectivity index (χ2n) is 6.05. The first-order valence-electron chi connectivity index (χ1n) is 8.10. The lowest BCUT2D eigenvalue weighted by Crippen LogP contribution is -2.37. The van der Waals surface area contributed by atoms with Crippen molar-refractivity contribution in [2.24, 2.45) is 11.7 Å². The van der Waals surface area contributed by atoms with Gasteiger partial charge in [-0.05, 0) is 29.7 Å². The van der Waals surface area contributed by atoms with E-state index in [1.807, 2.05) is 18.2 Å². The summed E-state index contributed by atoms with van der Waals surface area (Å²) in [5, 5.41) is 3.22. The van der Waals surface area contributed by atoms with Gasteiger partial charge < -0.3 is 15.8 Å². The maximum atomic E-state index is 13.1. The Bertz CT molecular complexity index is 676. The third-order valence-electron chi connectivity index (χ3n) is 4.41. The maximum Gasteiger partial charge on any atom is 0.239 e. The minimum absolute atomic E-state index is 0.0143. The fourth-order valence-corrected chi connectivity index (χ4v) is 3.16. The third-order valence-corrected chi connectivity index (χ3v) is 4.41. The molecule has 0 spiro atoms. The first-order chi connectivity index (χ1) is 11.6. The van der Waals surface area contributed by atoms with E-state index in [4.69, 9.17) is 10.5 Å².